The second-order valence-corrected chi connectivity index (χ2v) is 8.89. The third-order valence-electron chi connectivity index (χ3n) is 5.02. The van der Waals surface area contributed by atoms with Crippen LogP contribution in [0.1, 0.15) is 36.7 Å². The third kappa shape index (κ3) is 3.37. The van der Waals surface area contributed by atoms with Crippen LogP contribution in [0.25, 0.3) is 10.9 Å². The number of para-hydroxylation sites is 1. The van der Waals surface area contributed by atoms with E-state index in [2.05, 4.69) is 34.6 Å². The molecule has 2 atom stereocenters. The molecule has 0 saturated carbocycles. The average Bonchev–Trinajstić information content (AvgIpc) is 3.07. The first-order chi connectivity index (χ1) is 13.2. The minimum absolute atomic E-state index is 0.0958. The van der Waals surface area contributed by atoms with Crippen molar-refractivity contribution < 1.29 is 13.6 Å². The van der Waals surface area contributed by atoms with Crippen molar-refractivity contribution >= 4 is 18.5 Å². The molecule has 0 aliphatic carbocycles. The second-order valence-electron chi connectivity index (χ2n) is 6.67. The van der Waals surface area contributed by atoms with Crippen molar-refractivity contribution in [2.24, 2.45) is 0 Å². The number of nitrogens with one attached hydrogen (secondary N) is 2. The molecular weight excluding hydrogens is 359 g/mol. The number of rotatable bonds is 6. The van der Waals surface area contributed by atoms with E-state index < -0.39 is 13.4 Å². The highest BCUT2D eigenvalue weighted by Crippen LogP contribution is 2.55. The van der Waals surface area contributed by atoms with Crippen molar-refractivity contribution in [3.63, 3.8) is 0 Å². The van der Waals surface area contributed by atoms with Gasteiger partial charge in [-0.2, -0.15) is 0 Å². The van der Waals surface area contributed by atoms with Crippen molar-refractivity contribution in [3.8, 4) is 0 Å². The largest absolute Gasteiger partial charge is 0.357 e. The molecule has 0 radical (unpaired) electrons. The Labute approximate surface area is 159 Å². The Hall–Kier alpha value is -1.91. The predicted octanol–water partition coefficient (Wildman–Crippen LogP) is 5.00. The Morgan fingerprint density at radius 2 is 1.67 bits per heavy atom. The van der Waals surface area contributed by atoms with E-state index in [1.54, 1.807) is 0 Å². The van der Waals surface area contributed by atoms with Gasteiger partial charge in [0.2, 0.25) is 0 Å². The van der Waals surface area contributed by atoms with Gasteiger partial charge in [0.25, 0.3) is 0 Å². The summed E-state index contributed by atoms with van der Waals surface area (Å²) < 4.78 is 24.8. The second kappa shape index (κ2) is 7.61. The molecular formula is C21H25N2O3P. The van der Waals surface area contributed by atoms with Gasteiger partial charge < -0.3 is 14.0 Å². The fourth-order valence-electron chi connectivity index (χ4n) is 3.90. The van der Waals surface area contributed by atoms with Crippen molar-refractivity contribution in [1.29, 1.82) is 0 Å². The van der Waals surface area contributed by atoms with Crippen LogP contribution >= 0.6 is 7.60 Å². The van der Waals surface area contributed by atoms with Crippen LogP contribution in [0.4, 0.5) is 0 Å². The molecule has 2 aromatic carbocycles. The number of H-pyrrole nitrogens is 1. The first-order valence-electron chi connectivity index (χ1n) is 9.45. The minimum atomic E-state index is -3.29. The van der Waals surface area contributed by atoms with Gasteiger partial charge in [0.05, 0.1) is 19.3 Å². The Bertz CT molecular complexity index is 960. The van der Waals surface area contributed by atoms with Crippen LogP contribution in [0.2, 0.25) is 0 Å². The molecule has 0 spiro atoms. The van der Waals surface area contributed by atoms with Crippen molar-refractivity contribution in [1.82, 2.24) is 10.3 Å². The summed E-state index contributed by atoms with van der Waals surface area (Å²) in [5, 5.41) is 4.72. The summed E-state index contributed by atoms with van der Waals surface area (Å²) in [7, 11) is -3.29. The molecule has 0 fully saturated rings. The van der Waals surface area contributed by atoms with Crippen LogP contribution in [0.3, 0.4) is 0 Å². The molecule has 0 saturated heterocycles. The van der Waals surface area contributed by atoms with Gasteiger partial charge in [-0.3, -0.25) is 9.88 Å². The predicted molar refractivity (Wildman–Crippen MR) is 108 cm³/mol. The van der Waals surface area contributed by atoms with Gasteiger partial charge in [0, 0.05) is 23.0 Å². The van der Waals surface area contributed by atoms with E-state index in [9.17, 15) is 4.57 Å². The Morgan fingerprint density at radius 1 is 1.00 bits per heavy atom. The lowest BCUT2D eigenvalue weighted by atomic mass is 9.94. The molecule has 27 heavy (non-hydrogen) atoms. The fourth-order valence-corrected chi connectivity index (χ4v) is 5.80. The molecule has 1 aromatic heterocycles. The van der Waals surface area contributed by atoms with Gasteiger partial charge in [-0.05, 0) is 31.0 Å². The monoisotopic (exact) mass is 384 g/mol. The molecule has 4 rings (SSSR count). The topological polar surface area (TPSA) is 63.4 Å². The van der Waals surface area contributed by atoms with Gasteiger partial charge in [0.1, 0.15) is 5.78 Å². The highest BCUT2D eigenvalue weighted by molar-refractivity contribution is 7.54. The van der Waals surface area contributed by atoms with E-state index in [0.29, 0.717) is 19.6 Å². The molecule has 2 heterocycles. The van der Waals surface area contributed by atoms with Crippen LogP contribution in [-0.2, 0) is 20.0 Å². The standard InChI is InChI=1S/C21H25N2O3P/c1-3-25-27(24,26-4-2)19-14-17-16-12-8-9-13-18(16)22-21(17)20(23-19)15-10-6-5-7-11-15/h5-13,19-20,22-23H,3-4,14H2,1-2H3. The summed E-state index contributed by atoms with van der Waals surface area (Å²) >= 11 is 0. The van der Waals surface area contributed by atoms with Crippen LogP contribution in [-0.4, -0.2) is 24.0 Å². The molecule has 1 aliphatic heterocycles. The number of aromatic amines is 1. The zero-order valence-corrected chi connectivity index (χ0v) is 16.5. The molecule has 2 N–H and O–H groups in total. The van der Waals surface area contributed by atoms with Crippen molar-refractivity contribution in [3.05, 3.63) is 71.4 Å². The molecule has 142 valence electrons. The van der Waals surface area contributed by atoms with Crippen molar-refractivity contribution in [2.75, 3.05) is 13.2 Å². The number of benzene rings is 2. The van der Waals surface area contributed by atoms with E-state index in [1.807, 2.05) is 44.2 Å². The highest BCUT2D eigenvalue weighted by Gasteiger charge is 2.42. The Balaban J connectivity index is 1.84. The maximum atomic E-state index is 13.5. The summed E-state index contributed by atoms with van der Waals surface area (Å²) in [6.07, 6.45) is 0.597. The molecule has 2 unspecified atom stereocenters. The normalized spacial score (nSPS) is 19.9. The molecule has 0 bridgehead atoms. The summed E-state index contributed by atoms with van der Waals surface area (Å²) in [6.45, 7) is 4.40. The van der Waals surface area contributed by atoms with E-state index in [-0.39, 0.29) is 6.04 Å². The maximum absolute atomic E-state index is 13.5. The third-order valence-corrected chi connectivity index (χ3v) is 7.36. The lowest BCUT2D eigenvalue weighted by Crippen LogP contribution is -2.40. The molecule has 3 aromatic rings. The quantitative estimate of drug-likeness (QED) is 0.588. The molecule has 1 aliphatic rings. The van der Waals surface area contributed by atoms with Crippen molar-refractivity contribution in [2.45, 2.75) is 32.1 Å². The SMILES string of the molecule is CCOP(=O)(OCC)C1Cc2c([nH]c3ccccc23)C(c2ccccc2)N1. The van der Waals surface area contributed by atoms with E-state index in [0.717, 1.165) is 16.8 Å². The van der Waals surface area contributed by atoms with Crippen LogP contribution < -0.4 is 5.32 Å². The van der Waals surface area contributed by atoms with E-state index in [1.165, 1.54) is 10.9 Å². The smallest absolute Gasteiger partial charge is 0.347 e. The summed E-state index contributed by atoms with van der Waals surface area (Å²) in [6, 6.07) is 18.4. The summed E-state index contributed by atoms with van der Waals surface area (Å²) in [5.74, 6) is -0.394. The summed E-state index contributed by atoms with van der Waals surface area (Å²) in [5.41, 5.74) is 4.52. The maximum Gasteiger partial charge on any atom is 0.347 e. The van der Waals surface area contributed by atoms with Gasteiger partial charge >= 0.3 is 7.60 Å². The van der Waals surface area contributed by atoms with E-state index >= 15 is 0 Å². The van der Waals surface area contributed by atoms with Gasteiger partial charge in [0.15, 0.2) is 0 Å². The first-order valence-corrected chi connectivity index (χ1v) is 11.1. The zero-order chi connectivity index (χ0) is 18.9. The lowest BCUT2D eigenvalue weighted by molar-refractivity contribution is 0.204. The number of hydrogen-bond acceptors (Lipinski definition) is 4. The number of hydrogen-bond donors (Lipinski definition) is 2. The number of fused-ring (bicyclic) bond motifs is 3. The van der Waals surface area contributed by atoms with Crippen LogP contribution in [0, 0.1) is 0 Å². The Morgan fingerprint density at radius 3 is 2.37 bits per heavy atom. The van der Waals surface area contributed by atoms with E-state index in [4.69, 9.17) is 9.05 Å². The van der Waals surface area contributed by atoms with Gasteiger partial charge in [-0.25, -0.2) is 0 Å². The fraction of sp³-hybridized carbons (Fsp3) is 0.333. The lowest BCUT2D eigenvalue weighted by Gasteiger charge is -2.35. The highest BCUT2D eigenvalue weighted by atomic mass is 31.2. The summed E-state index contributed by atoms with van der Waals surface area (Å²) in [4.78, 5) is 3.57. The first kappa shape index (κ1) is 18.5. The minimum Gasteiger partial charge on any atom is -0.357 e. The molecule has 5 nitrogen and oxygen atoms in total. The Kier molecular flexibility index (Phi) is 5.20. The molecule has 6 heteroatoms. The van der Waals surface area contributed by atoms with Gasteiger partial charge in [-0.1, -0.05) is 48.5 Å². The van der Waals surface area contributed by atoms with Gasteiger partial charge in [-0.15, -0.1) is 0 Å². The zero-order valence-electron chi connectivity index (χ0n) is 15.6. The number of aromatic nitrogens is 1. The van der Waals surface area contributed by atoms with Crippen LogP contribution in [0.15, 0.2) is 54.6 Å². The average molecular weight is 384 g/mol. The van der Waals surface area contributed by atoms with Crippen LogP contribution in [0.5, 0.6) is 0 Å². The molecule has 0 amide bonds.